The minimum atomic E-state index is -4.85. The number of nitriles is 1. The lowest BCUT2D eigenvalue weighted by atomic mass is 10.1. The van der Waals surface area contributed by atoms with Gasteiger partial charge < -0.3 is 16.8 Å². The second kappa shape index (κ2) is 8.77. The third-order valence-corrected chi connectivity index (χ3v) is 5.14. The van der Waals surface area contributed by atoms with Gasteiger partial charge in [-0.2, -0.15) is 28.4 Å². The van der Waals surface area contributed by atoms with E-state index in [0.717, 1.165) is 34.9 Å². The number of benzene rings is 2. The molecule has 2 aromatic heterocycles. The Morgan fingerprint density at radius 3 is 2.36 bits per heavy atom. The first-order chi connectivity index (χ1) is 16.9. The van der Waals surface area contributed by atoms with Crippen molar-refractivity contribution in [1.29, 1.82) is 5.26 Å². The van der Waals surface area contributed by atoms with Gasteiger partial charge in [0.1, 0.15) is 34.9 Å². The van der Waals surface area contributed by atoms with Gasteiger partial charge in [-0.3, -0.25) is 9.36 Å². The molecule has 4 rings (SSSR count). The molecule has 0 amide bonds. The predicted octanol–water partition coefficient (Wildman–Crippen LogP) is 3.68. The highest BCUT2D eigenvalue weighted by molar-refractivity contribution is 5.82. The molecule has 0 radical (unpaired) electrons. The number of nitrogens with zero attached hydrogens (tertiary/aromatic N) is 5. The summed E-state index contributed by atoms with van der Waals surface area (Å²) in [7, 11) is 0. The summed E-state index contributed by atoms with van der Waals surface area (Å²) in [5, 5.41) is 11.7. The summed E-state index contributed by atoms with van der Waals surface area (Å²) in [5.74, 6) is -3.20. The smallest absolute Gasteiger partial charge is 0.382 e. The fourth-order valence-electron chi connectivity index (χ4n) is 3.64. The number of hydrogen-bond acceptors (Lipinski definition) is 8. The quantitative estimate of drug-likeness (QED) is 0.358. The minimum absolute atomic E-state index is 0.189. The lowest BCUT2D eigenvalue weighted by Gasteiger charge is -2.21. The maximum absolute atomic E-state index is 14.0. The van der Waals surface area contributed by atoms with Crippen LogP contribution in [0.4, 0.5) is 39.5 Å². The molecular formula is C22H15F5N8O. The van der Waals surface area contributed by atoms with Gasteiger partial charge in [0.25, 0.3) is 5.56 Å². The van der Waals surface area contributed by atoms with Gasteiger partial charge in [0.15, 0.2) is 5.82 Å². The maximum Gasteiger partial charge on any atom is 0.418 e. The molecule has 0 saturated carbocycles. The highest BCUT2D eigenvalue weighted by atomic mass is 19.4. The van der Waals surface area contributed by atoms with Gasteiger partial charge in [-0.25, -0.2) is 13.8 Å². The molecule has 36 heavy (non-hydrogen) atoms. The highest BCUT2D eigenvalue weighted by Crippen LogP contribution is 2.34. The Morgan fingerprint density at radius 1 is 1.08 bits per heavy atom. The molecule has 2 heterocycles. The van der Waals surface area contributed by atoms with Gasteiger partial charge in [-0.15, -0.1) is 0 Å². The maximum atomic E-state index is 14.0. The Kier molecular flexibility index (Phi) is 5.92. The van der Waals surface area contributed by atoms with E-state index in [1.165, 1.54) is 6.92 Å². The number of alkyl halides is 3. The molecule has 0 aliphatic heterocycles. The van der Waals surface area contributed by atoms with E-state index in [0.29, 0.717) is 6.07 Å². The monoisotopic (exact) mass is 502 g/mol. The number of aromatic nitrogens is 4. The third-order valence-electron chi connectivity index (χ3n) is 5.14. The summed E-state index contributed by atoms with van der Waals surface area (Å²) >= 11 is 0. The largest absolute Gasteiger partial charge is 0.418 e. The molecule has 0 fully saturated rings. The molecule has 0 spiro atoms. The Bertz CT molecular complexity index is 1590. The number of nitrogen functional groups attached to an aromatic ring is 2. The molecule has 0 saturated heterocycles. The van der Waals surface area contributed by atoms with E-state index in [9.17, 15) is 32.0 Å². The van der Waals surface area contributed by atoms with Crippen molar-refractivity contribution in [3.8, 4) is 11.8 Å². The van der Waals surface area contributed by atoms with Crippen LogP contribution in [0, 0.1) is 23.0 Å². The molecule has 184 valence electrons. The van der Waals surface area contributed by atoms with E-state index in [1.54, 1.807) is 6.07 Å². The van der Waals surface area contributed by atoms with Gasteiger partial charge in [-0.1, -0.05) is 6.07 Å². The van der Waals surface area contributed by atoms with Gasteiger partial charge in [-0.05, 0) is 31.2 Å². The lowest BCUT2D eigenvalue weighted by molar-refractivity contribution is -0.136. The number of fused-ring (bicyclic) bond motifs is 1. The van der Waals surface area contributed by atoms with Crippen LogP contribution >= 0.6 is 0 Å². The van der Waals surface area contributed by atoms with Crippen LogP contribution in [0.5, 0.6) is 0 Å². The van der Waals surface area contributed by atoms with E-state index in [4.69, 9.17) is 11.5 Å². The minimum Gasteiger partial charge on any atom is -0.382 e. The normalized spacial score (nSPS) is 12.4. The zero-order valence-corrected chi connectivity index (χ0v) is 18.2. The fourth-order valence-corrected chi connectivity index (χ4v) is 3.64. The summed E-state index contributed by atoms with van der Waals surface area (Å²) in [5.41, 5.74) is 7.87. The lowest BCUT2D eigenvalue weighted by Crippen LogP contribution is -2.28. The second-order valence-electron chi connectivity index (χ2n) is 7.61. The Balaban J connectivity index is 2.03. The SMILES string of the molecule is C[C@H](Nc1nc(N)nc(N)c1C#N)c1nc2c(C(F)(F)F)cccc2c(=O)n1-c1cc(F)cc(F)c1. The zero-order chi connectivity index (χ0) is 26.4. The Labute approximate surface area is 198 Å². The van der Waals surface area contributed by atoms with E-state index in [2.05, 4.69) is 20.3 Å². The van der Waals surface area contributed by atoms with Crippen molar-refractivity contribution in [2.45, 2.75) is 19.1 Å². The molecule has 14 heteroatoms. The van der Waals surface area contributed by atoms with Crippen molar-refractivity contribution in [2.75, 3.05) is 16.8 Å². The Hall–Kier alpha value is -4.80. The second-order valence-corrected chi connectivity index (χ2v) is 7.61. The fraction of sp³-hybridized carbons (Fsp3) is 0.136. The van der Waals surface area contributed by atoms with Crippen LogP contribution in [-0.4, -0.2) is 19.5 Å². The number of nitrogens with two attached hydrogens (primary N) is 2. The first-order valence-corrected chi connectivity index (χ1v) is 10.1. The molecule has 0 bridgehead atoms. The summed E-state index contributed by atoms with van der Waals surface area (Å²) in [4.78, 5) is 25.0. The van der Waals surface area contributed by atoms with Crippen molar-refractivity contribution in [1.82, 2.24) is 19.5 Å². The molecule has 9 nitrogen and oxygen atoms in total. The zero-order valence-electron chi connectivity index (χ0n) is 18.2. The molecule has 0 unspecified atom stereocenters. The molecule has 1 atom stereocenters. The number of para-hydroxylation sites is 1. The van der Waals surface area contributed by atoms with Gasteiger partial charge in [0, 0.05) is 6.07 Å². The van der Waals surface area contributed by atoms with Crippen LogP contribution in [0.1, 0.15) is 29.9 Å². The standard InChI is InChI=1S/C22H15F5N8O/c1-9(31-18-14(8-28)17(29)33-21(30)34-18)19-32-16-13(3-2-4-15(16)22(25,26)27)20(36)35(19)12-6-10(23)5-11(24)7-12/h2-7,9H,1H3,(H5,29,30,31,33,34)/t9-/m0/s1. The number of anilines is 3. The van der Waals surface area contributed by atoms with Gasteiger partial charge >= 0.3 is 6.18 Å². The highest BCUT2D eigenvalue weighted by Gasteiger charge is 2.34. The summed E-state index contributed by atoms with van der Waals surface area (Å²) in [6.45, 7) is 1.38. The number of hydrogen-bond donors (Lipinski definition) is 3. The summed E-state index contributed by atoms with van der Waals surface area (Å²) in [6.07, 6.45) is -4.85. The third kappa shape index (κ3) is 4.33. The predicted molar refractivity (Wildman–Crippen MR) is 120 cm³/mol. The first kappa shape index (κ1) is 24.3. The summed E-state index contributed by atoms with van der Waals surface area (Å²) in [6, 6.07) is 5.73. The van der Waals surface area contributed by atoms with Crippen LogP contribution in [0.3, 0.4) is 0 Å². The van der Waals surface area contributed by atoms with Crippen molar-refractivity contribution >= 4 is 28.5 Å². The van der Waals surface area contributed by atoms with Crippen molar-refractivity contribution < 1.29 is 22.0 Å². The van der Waals surface area contributed by atoms with E-state index in [-0.39, 0.29) is 34.7 Å². The van der Waals surface area contributed by atoms with Crippen LogP contribution in [-0.2, 0) is 6.18 Å². The van der Waals surface area contributed by atoms with Crippen molar-refractivity contribution in [2.24, 2.45) is 0 Å². The van der Waals surface area contributed by atoms with Crippen LogP contribution in [0.15, 0.2) is 41.2 Å². The van der Waals surface area contributed by atoms with Crippen molar-refractivity contribution in [3.63, 3.8) is 0 Å². The van der Waals surface area contributed by atoms with E-state index >= 15 is 0 Å². The topological polar surface area (TPSA) is 149 Å². The molecule has 0 aliphatic carbocycles. The molecular weight excluding hydrogens is 487 g/mol. The molecule has 2 aromatic carbocycles. The van der Waals surface area contributed by atoms with Crippen molar-refractivity contribution in [3.05, 3.63) is 75.3 Å². The average Bonchev–Trinajstić information content (AvgIpc) is 2.77. The van der Waals surface area contributed by atoms with Crippen LogP contribution in [0.2, 0.25) is 0 Å². The van der Waals surface area contributed by atoms with E-state index in [1.807, 2.05) is 0 Å². The number of halogens is 5. The van der Waals surface area contributed by atoms with Gasteiger partial charge in [0.05, 0.1) is 28.2 Å². The first-order valence-electron chi connectivity index (χ1n) is 10.1. The summed E-state index contributed by atoms with van der Waals surface area (Å²) < 4.78 is 69.9. The van der Waals surface area contributed by atoms with E-state index < -0.39 is 45.9 Å². The Morgan fingerprint density at radius 2 is 1.75 bits per heavy atom. The molecule has 0 aliphatic rings. The number of rotatable bonds is 4. The average molecular weight is 502 g/mol. The van der Waals surface area contributed by atoms with Gasteiger partial charge in [0.2, 0.25) is 5.95 Å². The number of nitrogens with one attached hydrogen (secondary N) is 1. The molecule has 4 aromatic rings. The molecule has 5 N–H and O–H groups in total. The van der Waals surface area contributed by atoms with Crippen LogP contribution < -0.4 is 22.3 Å². The van der Waals surface area contributed by atoms with Crippen LogP contribution in [0.25, 0.3) is 16.6 Å².